The number of nitrogens with zero attached hydrogens (tertiary/aromatic N) is 1. The number of hydrogen-bond acceptors (Lipinski definition) is 1. The minimum atomic E-state index is -0.426. The predicted molar refractivity (Wildman–Crippen MR) is 71.7 cm³/mol. The molecular weight excluding hydrogens is 222 g/mol. The van der Waals surface area contributed by atoms with E-state index in [0.717, 1.165) is 29.7 Å². The van der Waals surface area contributed by atoms with E-state index in [1.807, 2.05) is 36.4 Å². The molecule has 1 aliphatic heterocycles. The minimum Gasteiger partial charge on any atom is -0.209 e. The van der Waals surface area contributed by atoms with Crippen LogP contribution >= 0.6 is 0 Å². The molecule has 0 fully saturated rings. The van der Waals surface area contributed by atoms with Gasteiger partial charge in [-0.3, -0.25) is 0 Å². The lowest BCUT2D eigenvalue weighted by Gasteiger charge is -2.33. The fourth-order valence-corrected chi connectivity index (χ4v) is 2.92. The zero-order chi connectivity index (χ0) is 12.6. The average molecular weight is 238 g/mol. The molecule has 1 heterocycles. The van der Waals surface area contributed by atoms with Crippen LogP contribution < -0.4 is 5.06 Å². The summed E-state index contributed by atoms with van der Waals surface area (Å²) in [7, 11) is 0. The first-order valence-electron chi connectivity index (χ1n) is 6.39. The number of benzene rings is 2. The fourth-order valence-electron chi connectivity index (χ4n) is 2.92. The van der Waals surface area contributed by atoms with Crippen molar-refractivity contribution in [2.45, 2.75) is 25.3 Å². The molecule has 0 aliphatic carbocycles. The van der Waals surface area contributed by atoms with E-state index in [2.05, 4.69) is 25.1 Å². The summed E-state index contributed by atoms with van der Waals surface area (Å²) in [6, 6.07) is 18.0. The van der Waals surface area contributed by atoms with Crippen molar-refractivity contribution >= 4 is 5.69 Å². The van der Waals surface area contributed by atoms with Gasteiger partial charge < -0.3 is 0 Å². The molecule has 0 saturated heterocycles. The summed E-state index contributed by atoms with van der Waals surface area (Å²) in [6.45, 7) is 2.09. The Morgan fingerprint density at radius 2 is 1.72 bits per heavy atom. The van der Waals surface area contributed by atoms with E-state index >= 15 is 0 Å². The van der Waals surface area contributed by atoms with Crippen LogP contribution in [0.4, 0.5) is 5.69 Å². The minimum absolute atomic E-state index is 0.426. The molecule has 2 aromatic rings. The molecule has 2 aromatic carbocycles. The van der Waals surface area contributed by atoms with E-state index in [0.29, 0.717) is 0 Å². The maximum atomic E-state index is 12.7. The molecule has 0 bridgehead atoms. The lowest BCUT2D eigenvalue weighted by molar-refractivity contribution is 0.0845. The summed E-state index contributed by atoms with van der Waals surface area (Å²) in [5.74, 6) is 0. The van der Waals surface area contributed by atoms with E-state index in [9.17, 15) is 5.21 Å². The maximum absolute atomic E-state index is 12.7. The van der Waals surface area contributed by atoms with Gasteiger partial charge in [-0.1, -0.05) is 60.7 Å². The normalized spacial score (nSPS) is 22.0. The van der Waals surface area contributed by atoms with Crippen molar-refractivity contribution in [2.75, 3.05) is 5.06 Å². The third kappa shape index (κ3) is 1.46. The van der Waals surface area contributed by atoms with Gasteiger partial charge in [0.2, 0.25) is 0 Å². The van der Waals surface area contributed by atoms with Gasteiger partial charge in [0.1, 0.15) is 0 Å². The van der Waals surface area contributed by atoms with Gasteiger partial charge in [0.05, 0.1) is 11.2 Å². The lowest BCUT2D eigenvalue weighted by atomic mass is 9.84. The van der Waals surface area contributed by atoms with Crippen molar-refractivity contribution in [3.8, 4) is 0 Å². The average Bonchev–Trinajstić information content (AvgIpc) is 2.74. The van der Waals surface area contributed by atoms with Gasteiger partial charge in [0.15, 0.2) is 0 Å². The summed E-state index contributed by atoms with van der Waals surface area (Å²) < 4.78 is 0. The number of hydroxylamine groups is 1. The number of rotatable bonds is 2. The standard InChI is InChI=1S/C16H16NO/c1-2-16(14-9-4-3-5-10-14)12-13-8-6-7-11-15(13)17(16)18/h3-11H,2,12H2,1H3. The van der Waals surface area contributed by atoms with Gasteiger partial charge >= 0.3 is 0 Å². The zero-order valence-corrected chi connectivity index (χ0v) is 10.5. The molecule has 2 heteroatoms. The molecule has 2 nitrogen and oxygen atoms in total. The summed E-state index contributed by atoms with van der Waals surface area (Å²) in [4.78, 5) is 0. The van der Waals surface area contributed by atoms with Crippen molar-refractivity contribution in [2.24, 2.45) is 0 Å². The summed E-state index contributed by atoms with van der Waals surface area (Å²) in [5.41, 5.74) is 2.66. The van der Waals surface area contributed by atoms with Crippen LogP contribution in [0.5, 0.6) is 0 Å². The van der Waals surface area contributed by atoms with Crippen LogP contribution in [-0.4, -0.2) is 0 Å². The lowest BCUT2D eigenvalue weighted by Crippen LogP contribution is -2.40. The van der Waals surface area contributed by atoms with Crippen LogP contribution in [0, 0.1) is 0 Å². The predicted octanol–water partition coefficient (Wildman–Crippen LogP) is 3.70. The molecule has 3 rings (SSSR count). The molecular formula is C16H16NO. The highest BCUT2D eigenvalue weighted by Gasteiger charge is 2.44. The number of hydrogen-bond donors (Lipinski definition) is 0. The highest BCUT2D eigenvalue weighted by atomic mass is 16.5. The van der Waals surface area contributed by atoms with Crippen molar-refractivity contribution in [1.82, 2.24) is 0 Å². The Hall–Kier alpha value is -1.80. The fraction of sp³-hybridized carbons (Fsp3) is 0.250. The Kier molecular flexibility index (Phi) is 2.60. The first-order valence-corrected chi connectivity index (χ1v) is 6.39. The number of fused-ring (bicyclic) bond motifs is 1. The van der Waals surface area contributed by atoms with Gasteiger partial charge in [-0.05, 0) is 23.6 Å². The third-order valence-corrected chi connectivity index (χ3v) is 3.98. The Morgan fingerprint density at radius 3 is 2.39 bits per heavy atom. The Balaban J connectivity index is 2.12. The van der Waals surface area contributed by atoms with E-state index in [-0.39, 0.29) is 0 Å². The molecule has 18 heavy (non-hydrogen) atoms. The van der Waals surface area contributed by atoms with Crippen LogP contribution in [0.25, 0.3) is 0 Å². The third-order valence-electron chi connectivity index (χ3n) is 3.98. The van der Waals surface area contributed by atoms with E-state index in [1.54, 1.807) is 0 Å². The molecule has 1 radical (unpaired) electrons. The van der Waals surface area contributed by atoms with Gasteiger partial charge in [0.25, 0.3) is 0 Å². The Labute approximate surface area is 107 Å². The second-order valence-electron chi connectivity index (χ2n) is 4.85. The molecule has 91 valence electrons. The van der Waals surface area contributed by atoms with E-state index in [4.69, 9.17) is 0 Å². The van der Waals surface area contributed by atoms with E-state index < -0.39 is 5.54 Å². The molecule has 1 atom stereocenters. The first-order chi connectivity index (χ1) is 8.78. The van der Waals surface area contributed by atoms with Crippen molar-refractivity contribution in [1.29, 1.82) is 0 Å². The first kappa shape index (κ1) is 11.3. The topological polar surface area (TPSA) is 23.1 Å². The molecule has 0 spiro atoms. The monoisotopic (exact) mass is 238 g/mol. The largest absolute Gasteiger partial charge is 0.209 e. The second-order valence-corrected chi connectivity index (χ2v) is 4.85. The summed E-state index contributed by atoms with van der Waals surface area (Å²) in [6.07, 6.45) is 1.61. The second kappa shape index (κ2) is 4.14. The molecule has 0 aromatic heterocycles. The number of anilines is 1. The molecule has 1 unspecified atom stereocenters. The van der Waals surface area contributed by atoms with E-state index in [1.165, 1.54) is 5.06 Å². The van der Waals surface area contributed by atoms with Crippen LogP contribution in [-0.2, 0) is 17.2 Å². The number of para-hydroxylation sites is 1. The van der Waals surface area contributed by atoms with Gasteiger partial charge in [0, 0.05) is 6.42 Å². The Bertz CT molecular complexity index is 552. The molecule has 1 aliphatic rings. The summed E-state index contributed by atoms with van der Waals surface area (Å²) in [5, 5.41) is 13.9. The highest BCUT2D eigenvalue weighted by molar-refractivity contribution is 5.61. The van der Waals surface area contributed by atoms with Gasteiger partial charge in [-0.15, -0.1) is 0 Å². The molecule has 0 N–H and O–H groups in total. The van der Waals surface area contributed by atoms with Crippen LogP contribution in [0.15, 0.2) is 54.6 Å². The highest BCUT2D eigenvalue weighted by Crippen LogP contribution is 2.45. The molecule has 0 saturated carbocycles. The zero-order valence-electron chi connectivity index (χ0n) is 10.5. The Morgan fingerprint density at radius 1 is 1.06 bits per heavy atom. The van der Waals surface area contributed by atoms with Crippen molar-refractivity contribution in [3.63, 3.8) is 0 Å². The molecule has 0 amide bonds. The maximum Gasteiger partial charge on any atom is 0.0991 e. The SMILES string of the molecule is CCC1(c2ccccc2)Cc2ccccc2N1[O]. The van der Waals surface area contributed by atoms with Crippen LogP contribution in [0.2, 0.25) is 0 Å². The van der Waals surface area contributed by atoms with Crippen molar-refractivity contribution in [3.05, 3.63) is 65.7 Å². The van der Waals surface area contributed by atoms with Gasteiger partial charge in [-0.25, -0.2) is 5.06 Å². The van der Waals surface area contributed by atoms with Crippen molar-refractivity contribution < 1.29 is 5.21 Å². The summed E-state index contributed by atoms with van der Waals surface area (Å²) >= 11 is 0. The smallest absolute Gasteiger partial charge is 0.0991 e. The quantitative estimate of drug-likeness (QED) is 0.782. The van der Waals surface area contributed by atoms with Gasteiger partial charge in [-0.2, -0.15) is 0 Å². The van der Waals surface area contributed by atoms with Crippen LogP contribution in [0.3, 0.4) is 0 Å². The van der Waals surface area contributed by atoms with Crippen LogP contribution in [0.1, 0.15) is 24.5 Å².